The number of rotatable bonds is 8. The molecule has 3 N–H and O–H groups in total. The molecule has 0 radical (unpaired) electrons. The molecule has 2 fully saturated rings. The second-order valence-corrected chi connectivity index (χ2v) is 9.60. The molecule has 2 aliphatic rings. The number of carbonyl (C=O) groups is 2. The normalized spacial score (nSPS) is 19.7. The van der Waals surface area contributed by atoms with Crippen LogP contribution >= 0.6 is 0 Å². The third-order valence-electron chi connectivity index (χ3n) is 5.72. The minimum atomic E-state index is -0.737. The van der Waals surface area contributed by atoms with Crippen molar-refractivity contribution in [2.75, 3.05) is 32.8 Å². The summed E-state index contributed by atoms with van der Waals surface area (Å²) in [6.45, 7) is 8.83. The van der Waals surface area contributed by atoms with Crippen LogP contribution in [0.25, 0.3) is 0 Å². The van der Waals surface area contributed by atoms with Gasteiger partial charge < -0.3 is 34.9 Å². The Morgan fingerprint density at radius 1 is 1.33 bits per heavy atom. The summed E-state index contributed by atoms with van der Waals surface area (Å²) in [5.74, 6) is 0.439. The second kappa shape index (κ2) is 10.7. The maximum absolute atomic E-state index is 13.6. The van der Waals surface area contributed by atoms with E-state index in [0.717, 1.165) is 18.4 Å². The van der Waals surface area contributed by atoms with Gasteiger partial charge in [0.1, 0.15) is 18.0 Å². The summed E-state index contributed by atoms with van der Waals surface area (Å²) in [7, 11) is 0. The number of ether oxygens (including phenoxy) is 3. The van der Waals surface area contributed by atoms with Crippen LogP contribution in [-0.2, 0) is 20.9 Å². The molecular formula is C24H37N3O6. The summed E-state index contributed by atoms with van der Waals surface area (Å²) >= 11 is 0. The van der Waals surface area contributed by atoms with Crippen LogP contribution in [0.5, 0.6) is 5.75 Å². The van der Waals surface area contributed by atoms with Crippen molar-refractivity contribution in [3.63, 3.8) is 0 Å². The largest absolute Gasteiger partial charge is 0.492 e. The number of nitrogens with two attached hydrogens (primary N) is 1. The topological polar surface area (TPSA) is 115 Å². The van der Waals surface area contributed by atoms with E-state index in [-0.39, 0.29) is 37.7 Å². The van der Waals surface area contributed by atoms with Crippen molar-refractivity contribution >= 4 is 12.0 Å². The minimum Gasteiger partial charge on any atom is -0.492 e. The average molecular weight is 464 g/mol. The van der Waals surface area contributed by atoms with Gasteiger partial charge in [-0.3, -0.25) is 4.79 Å². The Hall–Kier alpha value is -2.36. The van der Waals surface area contributed by atoms with Crippen LogP contribution in [0.4, 0.5) is 4.79 Å². The Morgan fingerprint density at radius 2 is 2.06 bits per heavy atom. The molecule has 1 aromatic carbocycles. The fourth-order valence-electron chi connectivity index (χ4n) is 3.92. The smallest absolute Gasteiger partial charge is 0.410 e. The molecule has 1 aromatic rings. The molecule has 0 aromatic heterocycles. The quantitative estimate of drug-likeness (QED) is 0.607. The van der Waals surface area contributed by atoms with Crippen molar-refractivity contribution in [2.24, 2.45) is 5.73 Å². The summed E-state index contributed by atoms with van der Waals surface area (Å²) in [6, 6.07) is 5.50. The Labute approximate surface area is 195 Å². The molecule has 1 saturated carbocycles. The molecule has 184 valence electrons. The number of benzene rings is 1. The van der Waals surface area contributed by atoms with Crippen LogP contribution in [0.15, 0.2) is 18.2 Å². The van der Waals surface area contributed by atoms with Crippen molar-refractivity contribution in [3.05, 3.63) is 29.3 Å². The highest BCUT2D eigenvalue weighted by Crippen LogP contribution is 2.37. The summed E-state index contributed by atoms with van der Waals surface area (Å²) in [5.41, 5.74) is 6.53. The van der Waals surface area contributed by atoms with E-state index in [0.29, 0.717) is 31.0 Å². The Bertz CT molecular complexity index is 836. The number of nitrogens with zero attached hydrogens (tertiary/aromatic N) is 2. The van der Waals surface area contributed by atoms with Gasteiger partial charge in [0.05, 0.1) is 25.8 Å². The lowest BCUT2D eigenvalue weighted by Crippen LogP contribution is -2.54. The Balaban J connectivity index is 1.76. The molecule has 1 saturated heterocycles. The van der Waals surface area contributed by atoms with Gasteiger partial charge in [-0.2, -0.15) is 0 Å². The standard InChI is InChI=1S/C24H37N3O6/c1-16(17-5-6-18(15-28)20(13-17)31-11-9-25)27(19-7-8-19)22(29)21-14-26(10-12-32-21)23(30)33-24(2,3)4/h5-6,13,16,19,21,28H,7-12,14-15,25H2,1-4H3/t16?,21-/m1/s1. The fraction of sp³-hybridized carbons (Fsp3) is 0.667. The highest BCUT2D eigenvalue weighted by molar-refractivity contribution is 5.83. The summed E-state index contributed by atoms with van der Waals surface area (Å²) in [6.07, 6.45) is 0.697. The van der Waals surface area contributed by atoms with Gasteiger partial charge in [0, 0.05) is 24.7 Å². The van der Waals surface area contributed by atoms with E-state index in [1.807, 2.05) is 50.8 Å². The molecule has 1 aliphatic carbocycles. The molecule has 9 heteroatoms. The van der Waals surface area contributed by atoms with Crippen LogP contribution in [0.3, 0.4) is 0 Å². The predicted octanol–water partition coefficient (Wildman–Crippen LogP) is 2.20. The molecule has 3 rings (SSSR count). The predicted molar refractivity (Wildman–Crippen MR) is 123 cm³/mol. The highest BCUT2D eigenvalue weighted by atomic mass is 16.6. The zero-order valence-electron chi connectivity index (χ0n) is 20.1. The van der Waals surface area contributed by atoms with Gasteiger partial charge in [-0.15, -0.1) is 0 Å². The van der Waals surface area contributed by atoms with Gasteiger partial charge >= 0.3 is 6.09 Å². The van der Waals surface area contributed by atoms with Gasteiger partial charge in [0.25, 0.3) is 5.91 Å². The van der Waals surface area contributed by atoms with Gasteiger partial charge in [-0.1, -0.05) is 12.1 Å². The number of amides is 2. The second-order valence-electron chi connectivity index (χ2n) is 9.60. The molecule has 0 spiro atoms. The van der Waals surface area contributed by atoms with E-state index in [1.54, 1.807) is 4.90 Å². The van der Waals surface area contributed by atoms with Crippen molar-refractivity contribution < 1.29 is 28.9 Å². The number of aliphatic hydroxyl groups is 1. The SMILES string of the molecule is CC(c1ccc(CO)c(OCCN)c1)N(C(=O)[C@H]1CN(C(=O)OC(C)(C)C)CCO1)C1CC1. The molecule has 0 bridgehead atoms. The maximum atomic E-state index is 13.6. The first-order valence-corrected chi connectivity index (χ1v) is 11.6. The minimum absolute atomic E-state index is 0.131. The number of hydrogen-bond donors (Lipinski definition) is 2. The Morgan fingerprint density at radius 3 is 2.67 bits per heavy atom. The van der Waals surface area contributed by atoms with E-state index in [4.69, 9.17) is 19.9 Å². The first-order chi connectivity index (χ1) is 15.6. The third-order valence-corrected chi connectivity index (χ3v) is 5.72. The molecule has 1 heterocycles. The zero-order chi connectivity index (χ0) is 24.2. The van der Waals surface area contributed by atoms with Crippen LogP contribution in [0.2, 0.25) is 0 Å². The zero-order valence-corrected chi connectivity index (χ0v) is 20.1. The van der Waals surface area contributed by atoms with E-state index >= 15 is 0 Å². The van der Waals surface area contributed by atoms with Crippen LogP contribution < -0.4 is 10.5 Å². The van der Waals surface area contributed by atoms with Crippen LogP contribution in [0, 0.1) is 0 Å². The summed E-state index contributed by atoms with van der Waals surface area (Å²) < 4.78 is 17.0. The van der Waals surface area contributed by atoms with Crippen LogP contribution in [0.1, 0.15) is 57.7 Å². The number of aliphatic hydroxyl groups excluding tert-OH is 1. The van der Waals surface area contributed by atoms with Crippen molar-refractivity contribution in [2.45, 2.75) is 70.9 Å². The molecule has 1 unspecified atom stereocenters. The monoisotopic (exact) mass is 463 g/mol. The summed E-state index contributed by atoms with van der Waals surface area (Å²) in [4.78, 5) is 29.5. The first kappa shape index (κ1) is 25.3. The van der Waals surface area contributed by atoms with E-state index in [2.05, 4.69) is 0 Å². The fourth-order valence-corrected chi connectivity index (χ4v) is 3.92. The molecule has 33 heavy (non-hydrogen) atoms. The molecule has 9 nitrogen and oxygen atoms in total. The van der Waals surface area contributed by atoms with Crippen molar-refractivity contribution in [1.29, 1.82) is 0 Å². The van der Waals surface area contributed by atoms with Crippen LogP contribution in [-0.4, -0.2) is 77.5 Å². The van der Waals surface area contributed by atoms with E-state index in [9.17, 15) is 14.7 Å². The first-order valence-electron chi connectivity index (χ1n) is 11.6. The third kappa shape index (κ3) is 6.59. The lowest BCUT2D eigenvalue weighted by molar-refractivity contribution is -0.151. The van der Waals surface area contributed by atoms with Gasteiger partial charge in [0.2, 0.25) is 0 Å². The van der Waals surface area contributed by atoms with E-state index < -0.39 is 17.8 Å². The highest BCUT2D eigenvalue weighted by Gasteiger charge is 2.42. The Kier molecular flexibility index (Phi) is 8.20. The van der Waals surface area contributed by atoms with Crippen molar-refractivity contribution in [1.82, 2.24) is 9.80 Å². The lowest BCUT2D eigenvalue weighted by Gasteiger charge is -2.38. The lowest BCUT2D eigenvalue weighted by atomic mass is 10.0. The van der Waals surface area contributed by atoms with Gasteiger partial charge in [-0.05, 0) is 52.2 Å². The maximum Gasteiger partial charge on any atom is 0.410 e. The van der Waals surface area contributed by atoms with E-state index in [1.165, 1.54) is 0 Å². The summed E-state index contributed by atoms with van der Waals surface area (Å²) in [5, 5.41) is 9.62. The number of hydrogen-bond acceptors (Lipinski definition) is 7. The molecule has 1 aliphatic heterocycles. The molecule has 2 amide bonds. The van der Waals surface area contributed by atoms with Crippen molar-refractivity contribution in [3.8, 4) is 5.75 Å². The number of carbonyl (C=O) groups excluding carboxylic acids is 2. The average Bonchev–Trinajstić information content (AvgIpc) is 3.61. The van der Waals surface area contributed by atoms with Gasteiger partial charge in [-0.25, -0.2) is 4.79 Å². The molecule has 2 atom stereocenters. The van der Waals surface area contributed by atoms with Gasteiger partial charge in [0.15, 0.2) is 6.10 Å². The molecular weight excluding hydrogens is 426 g/mol. The number of morpholine rings is 1.